The van der Waals surface area contributed by atoms with E-state index < -0.39 is 18.1 Å². The molecule has 5 nitrogen and oxygen atoms in total. The standard InChI is InChI=1S/C46H45N3O2/c1-32(2)46(3,4)51-45(50)42-20-12-18-40(30-42)39-17-11-19-41(29-39)44(48-31-33-21-23-36(24-22-33)34-13-7-5-8-14-34)49-43(47)38-27-25-37(26-28-38)35-15-9-6-10-16-35/h5-32,44-45,50H,1-4H3,(H2,47,49)/b48-31+/t44?,45-/m0/s1. The number of aliphatic imine (C=N–C) groups is 1. The van der Waals surface area contributed by atoms with Crippen LogP contribution in [0.5, 0.6) is 0 Å². The van der Waals surface area contributed by atoms with Gasteiger partial charge in [0.25, 0.3) is 0 Å². The minimum atomic E-state index is -1.05. The number of benzene rings is 6. The molecular weight excluding hydrogens is 627 g/mol. The van der Waals surface area contributed by atoms with Gasteiger partial charge < -0.3 is 15.2 Å². The molecule has 0 aliphatic heterocycles. The van der Waals surface area contributed by atoms with Crippen molar-refractivity contribution in [1.82, 2.24) is 5.32 Å². The molecule has 0 aliphatic rings. The Balaban J connectivity index is 1.28. The number of aliphatic hydroxyl groups is 1. The molecule has 6 aromatic rings. The molecule has 0 radical (unpaired) electrons. The van der Waals surface area contributed by atoms with Crippen molar-refractivity contribution in [2.45, 2.75) is 45.8 Å². The second-order valence-corrected chi connectivity index (χ2v) is 13.6. The highest BCUT2D eigenvalue weighted by molar-refractivity contribution is 5.97. The van der Waals surface area contributed by atoms with Gasteiger partial charge in [0.2, 0.25) is 0 Å². The highest BCUT2D eigenvalue weighted by Gasteiger charge is 2.27. The molecular formula is C46H45N3O2. The average Bonchev–Trinajstić information content (AvgIpc) is 3.17. The Hall–Kier alpha value is -5.62. The second kappa shape index (κ2) is 15.9. The Bertz CT molecular complexity index is 2070. The predicted molar refractivity (Wildman–Crippen MR) is 211 cm³/mol. The van der Waals surface area contributed by atoms with Crippen molar-refractivity contribution in [3.63, 3.8) is 0 Å². The summed E-state index contributed by atoms with van der Waals surface area (Å²) in [5, 5.41) is 23.4. The predicted octanol–water partition coefficient (Wildman–Crippen LogP) is 10.9. The third-order valence-corrected chi connectivity index (χ3v) is 9.47. The largest absolute Gasteiger partial charge is 0.364 e. The topological polar surface area (TPSA) is 77.7 Å². The summed E-state index contributed by atoms with van der Waals surface area (Å²) in [5.74, 6) is 0.510. The summed E-state index contributed by atoms with van der Waals surface area (Å²) in [6, 6.07) is 52.9. The van der Waals surface area contributed by atoms with Crippen molar-refractivity contribution >= 4 is 12.1 Å². The van der Waals surface area contributed by atoms with Crippen LogP contribution in [0, 0.1) is 11.3 Å². The van der Waals surface area contributed by atoms with Crippen molar-refractivity contribution in [2.24, 2.45) is 10.9 Å². The molecule has 0 aromatic heterocycles. The fraction of sp³-hybridized carbons (Fsp3) is 0.174. The maximum Gasteiger partial charge on any atom is 0.181 e. The van der Waals surface area contributed by atoms with Gasteiger partial charge in [-0.2, -0.15) is 0 Å². The van der Waals surface area contributed by atoms with Gasteiger partial charge in [-0.15, -0.1) is 0 Å². The Morgan fingerprint density at radius 1 is 0.627 bits per heavy atom. The monoisotopic (exact) mass is 671 g/mol. The summed E-state index contributed by atoms with van der Waals surface area (Å²) in [7, 11) is 0. The second-order valence-electron chi connectivity index (χ2n) is 13.6. The van der Waals surface area contributed by atoms with E-state index >= 15 is 0 Å². The van der Waals surface area contributed by atoms with Crippen LogP contribution in [-0.2, 0) is 4.74 Å². The van der Waals surface area contributed by atoms with Gasteiger partial charge in [0.05, 0.1) is 5.60 Å². The van der Waals surface area contributed by atoms with E-state index in [2.05, 4.69) is 73.8 Å². The van der Waals surface area contributed by atoms with Crippen LogP contribution in [0.1, 0.15) is 62.4 Å². The fourth-order valence-electron chi connectivity index (χ4n) is 5.69. The third kappa shape index (κ3) is 8.95. The van der Waals surface area contributed by atoms with E-state index in [1.807, 2.05) is 123 Å². The highest BCUT2D eigenvalue weighted by atomic mass is 16.6. The molecule has 0 aliphatic carbocycles. The Morgan fingerprint density at radius 2 is 1.10 bits per heavy atom. The number of hydrogen-bond acceptors (Lipinski definition) is 4. The van der Waals surface area contributed by atoms with Crippen LogP contribution in [0.3, 0.4) is 0 Å². The number of nitrogens with one attached hydrogen (secondary N) is 2. The first-order valence-corrected chi connectivity index (χ1v) is 17.4. The molecule has 2 atom stereocenters. The normalized spacial score (nSPS) is 12.9. The molecule has 1 unspecified atom stereocenters. The maximum absolute atomic E-state index is 11.0. The third-order valence-electron chi connectivity index (χ3n) is 9.47. The average molecular weight is 672 g/mol. The maximum atomic E-state index is 11.0. The van der Waals surface area contributed by atoms with Crippen LogP contribution in [0.4, 0.5) is 0 Å². The van der Waals surface area contributed by atoms with Crippen molar-refractivity contribution in [3.05, 3.63) is 180 Å². The zero-order valence-corrected chi connectivity index (χ0v) is 29.6. The van der Waals surface area contributed by atoms with Gasteiger partial charge in [-0.1, -0.05) is 159 Å². The molecule has 0 bridgehead atoms. The molecule has 3 N–H and O–H groups in total. The van der Waals surface area contributed by atoms with Crippen LogP contribution < -0.4 is 5.32 Å². The summed E-state index contributed by atoms with van der Waals surface area (Å²) in [5.41, 5.74) is 9.29. The van der Waals surface area contributed by atoms with E-state index in [0.29, 0.717) is 5.56 Å². The van der Waals surface area contributed by atoms with Gasteiger partial charge in [0.15, 0.2) is 6.29 Å². The van der Waals surface area contributed by atoms with Crippen LogP contribution in [-0.4, -0.2) is 22.8 Å². The van der Waals surface area contributed by atoms with E-state index in [1.165, 1.54) is 0 Å². The van der Waals surface area contributed by atoms with E-state index in [0.717, 1.165) is 50.1 Å². The molecule has 6 aromatic carbocycles. The first kappa shape index (κ1) is 35.2. The lowest BCUT2D eigenvalue weighted by Crippen LogP contribution is -2.32. The van der Waals surface area contributed by atoms with Crippen LogP contribution >= 0.6 is 0 Å². The molecule has 0 fully saturated rings. The summed E-state index contributed by atoms with van der Waals surface area (Å²) in [4.78, 5) is 5.00. The summed E-state index contributed by atoms with van der Waals surface area (Å²) in [6.07, 6.45) is 0.269. The molecule has 6 rings (SSSR count). The van der Waals surface area contributed by atoms with Crippen LogP contribution in [0.15, 0.2) is 163 Å². The number of aliphatic hydroxyl groups excluding tert-OH is 1. The van der Waals surface area contributed by atoms with Gasteiger partial charge in [0.1, 0.15) is 12.0 Å². The number of nitrogens with zero attached hydrogens (tertiary/aromatic N) is 1. The van der Waals surface area contributed by atoms with Crippen molar-refractivity contribution in [2.75, 3.05) is 0 Å². The molecule has 0 saturated carbocycles. The number of rotatable bonds is 12. The van der Waals surface area contributed by atoms with Crippen LogP contribution in [0.25, 0.3) is 33.4 Å². The molecule has 51 heavy (non-hydrogen) atoms. The van der Waals surface area contributed by atoms with E-state index in [-0.39, 0.29) is 11.8 Å². The van der Waals surface area contributed by atoms with Crippen molar-refractivity contribution in [3.8, 4) is 33.4 Å². The van der Waals surface area contributed by atoms with Gasteiger partial charge in [-0.3, -0.25) is 10.4 Å². The Kier molecular flexibility index (Phi) is 11.0. The lowest BCUT2D eigenvalue weighted by atomic mass is 9.94. The molecule has 0 heterocycles. The van der Waals surface area contributed by atoms with Gasteiger partial charge in [0, 0.05) is 17.3 Å². The lowest BCUT2D eigenvalue weighted by Gasteiger charge is -2.32. The smallest absolute Gasteiger partial charge is 0.181 e. The van der Waals surface area contributed by atoms with Gasteiger partial charge in [-0.25, -0.2) is 0 Å². The summed E-state index contributed by atoms with van der Waals surface area (Å²) >= 11 is 0. The zero-order chi connectivity index (χ0) is 35.8. The van der Waals surface area contributed by atoms with E-state index in [4.69, 9.17) is 15.1 Å². The number of ether oxygens (including phenoxy) is 1. The SMILES string of the molecule is CC(C)C(C)(C)O[C@H](O)c1cccc(-c2cccc(C(/N=C/c3ccc(-c4ccccc4)cc3)NC(=N)c3ccc(-c4ccccc4)cc3)c2)c1. The number of hydrogen-bond donors (Lipinski definition) is 3. The van der Waals surface area contributed by atoms with E-state index in [1.54, 1.807) is 0 Å². The van der Waals surface area contributed by atoms with E-state index in [9.17, 15) is 5.11 Å². The van der Waals surface area contributed by atoms with Crippen LogP contribution in [0.2, 0.25) is 0 Å². The summed E-state index contributed by atoms with van der Waals surface area (Å²) < 4.78 is 6.07. The molecule has 0 saturated heterocycles. The minimum absolute atomic E-state index is 0.235. The number of amidine groups is 1. The lowest BCUT2D eigenvalue weighted by molar-refractivity contribution is -0.191. The highest BCUT2D eigenvalue weighted by Crippen LogP contribution is 2.31. The van der Waals surface area contributed by atoms with Crippen molar-refractivity contribution < 1.29 is 9.84 Å². The van der Waals surface area contributed by atoms with Gasteiger partial charge in [-0.05, 0) is 76.4 Å². The first-order chi connectivity index (χ1) is 24.7. The first-order valence-electron chi connectivity index (χ1n) is 17.4. The molecule has 0 amide bonds. The Morgan fingerprint density at radius 3 is 1.65 bits per heavy atom. The van der Waals surface area contributed by atoms with Gasteiger partial charge >= 0.3 is 0 Å². The van der Waals surface area contributed by atoms with Crippen molar-refractivity contribution in [1.29, 1.82) is 5.41 Å². The minimum Gasteiger partial charge on any atom is -0.364 e. The molecule has 5 heteroatoms. The quantitative estimate of drug-likeness (QED) is 0.0688. The zero-order valence-electron chi connectivity index (χ0n) is 29.6. The summed E-state index contributed by atoms with van der Waals surface area (Å²) in [6.45, 7) is 8.16. The fourth-order valence-corrected chi connectivity index (χ4v) is 5.69. The molecule has 256 valence electrons. The Labute approximate surface area is 301 Å². The molecule has 0 spiro atoms.